The maximum Gasteiger partial charge on any atom is 0.240 e. The third-order valence-corrected chi connectivity index (χ3v) is 3.16. The molecule has 0 radical (unpaired) electrons. The summed E-state index contributed by atoms with van der Waals surface area (Å²) < 4.78 is 26.8. The highest BCUT2D eigenvalue weighted by Gasteiger charge is 2.22. The van der Waals surface area contributed by atoms with E-state index >= 15 is 0 Å². The highest BCUT2D eigenvalue weighted by atomic mass is 32.2. The van der Waals surface area contributed by atoms with Crippen molar-refractivity contribution < 1.29 is 12.9 Å². The van der Waals surface area contributed by atoms with E-state index in [1.165, 1.54) is 6.92 Å². The Morgan fingerprint density at radius 3 is 2.62 bits per heavy atom. The Labute approximate surface area is 76.0 Å². The third kappa shape index (κ3) is 2.25. The lowest BCUT2D eigenvalue weighted by molar-refractivity contribution is 0.374. The minimum atomic E-state index is -3.18. The van der Waals surface area contributed by atoms with Gasteiger partial charge >= 0.3 is 0 Å². The third-order valence-electron chi connectivity index (χ3n) is 1.66. The van der Waals surface area contributed by atoms with Crippen molar-refractivity contribution in [2.75, 3.05) is 6.26 Å². The average Bonchev–Trinajstić information content (AvgIpc) is 2.48. The van der Waals surface area contributed by atoms with Crippen LogP contribution in [-0.2, 0) is 16.4 Å². The molecule has 0 spiro atoms. The first-order valence-corrected chi connectivity index (χ1v) is 5.62. The molecule has 1 atom stereocenters. The lowest BCUT2D eigenvalue weighted by Crippen LogP contribution is -2.09. The highest BCUT2D eigenvalue weighted by Crippen LogP contribution is 2.16. The van der Waals surface area contributed by atoms with Crippen LogP contribution in [0.3, 0.4) is 0 Å². The predicted molar refractivity (Wildman–Crippen MR) is 45.4 cm³/mol. The second-order valence-electron chi connectivity index (χ2n) is 2.72. The summed E-state index contributed by atoms with van der Waals surface area (Å²) in [5.41, 5.74) is 5.23. The minimum absolute atomic E-state index is 0.115. The van der Waals surface area contributed by atoms with E-state index in [0.717, 1.165) is 6.26 Å². The Morgan fingerprint density at radius 1 is 1.62 bits per heavy atom. The van der Waals surface area contributed by atoms with Gasteiger partial charge in [0, 0.05) is 6.26 Å². The van der Waals surface area contributed by atoms with Crippen LogP contribution in [0.2, 0.25) is 0 Å². The average molecular weight is 205 g/mol. The Bertz CT molecular complexity index is 384. The van der Waals surface area contributed by atoms with Gasteiger partial charge in [-0.2, -0.15) is 4.98 Å². The van der Waals surface area contributed by atoms with Crippen LogP contribution in [0.15, 0.2) is 4.52 Å². The standard InChI is InChI=1S/C6H11N3O3S/c1-4(13(2,10)11)6-8-5(3-7)12-9-6/h4H,3,7H2,1-2H3. The van der Waals surface area contributed by atoms with E-state index in [4.69, 9.17) is 5.73 Å². The molecule has 0 bridgehead atoms. The summed E-state index contributed by atoms with van der Waals surface area (Å²) in [6.07, 6.45) is 1.12. The highest BCUT2D eigenvalue weighted by molar-refractivity contribution is 7.90. The van der Waals surface area contributed by atoms with Crippen molar-refractivity contribution in [1.29, 1.82) is 0 Å². The van der Waals surface area contributed by atoms with Crippen LogP contribution in [0.4, 0.5) is 0 Å². The molecule has 1 aromatic rings. The molecular formula is C6H11N3O3S. The summed E-state index contributed by atoms with van der Waals surface area (Å²) in [5, 5.41) is 2.75. The monoisotopic (exact) mass is 205 g/mol. The molecule has 0 amide bonds. The number of sulfone groups is 1. The summed E-state index contributed by atoms with van der Waals surface area (Å²) in [7, 11) is -3.18. The molecule has 0 aromatic carbocycles. The van der Waals surface area contributed by atoms with Gasteiger partial charge in [-0.25, -0.2) is 8.42 Å². The van der Waals surface area contributed by atoms with E-state index in [1.54, 1.807) is 0 Å². The molecular weight excluding hydrogens is 194 g/mol. The van der Waals surface area contributed by atoms with Crippen molar-refractivity contribution in [3.05, 3.63) is 11.7 Å². The molecule has 2 N–H and O–H groups in total. The summed E-state index contributed by atoms with van der Waals surface area (Å²) in [6.45, 7) is 1.62. The number of nitrogens with zero attached hydrogens (tertiary/aromatic N) is 2. The molecule has 0 fully saturated rings. The zero-order chi connectivity index (χ0) is 10.1. The molecule has 1 heterocycles. The zero-order valence-electron chi connectivity index (χ0n) is 7.39. The number of nitrogens with two attached hydrogens (primary N) is 1. The number of rotatable bonds is 3. The molecule has 0 saturated carbocycles. The Morgan fingerprint density at radius 2 is 2.23 bits per heavy atom. The van der Waals surface area contributed by atoms with Crippen LogP contribution < -0.4 is 5.73 Å². The van der Waals surface area contributed by atoms with E-state index in [9.17, 15) is 8.42 Å². The van der Waals surface area contributed by atoms with Gasteiger partial charge in [-0.3, -0.25) is 0 Å². The fraction of sp³-hybridized carbons (Fsp3) is 0.667. The van der Waals surface area contributed by atoms with Gasteiger partial charge in [-0.05, 0) is 6.92 Å². The van der Waals surface area contributed by atoms with Gasteiger partial charge < -0.3 is 10.3 Å². The van der Waals surface area contributed by atoms with Gasteiger partial charge in [-0.15, -0.1) is 0 Å². The maximum atomic E-state index is 11.1. The van der Waals surface area contributed by atoms with Crippen LogP contribution in [0.25, 0.3) is 0 Å². The quantitative estimate of drug-likeness (QED) is 0.723. The van der Waals surface area contributed by atoms with E-state index < -0.39 is 15.1 Å². The first-order valence-electron chi connectivity index (χ1n) is 3.66. The maximum absolute atomic E-state index is 11.1. The number of aromatic nitrogens is 2. The Balaban J connectivity index is 2.96. The molecule has 0 aliphatic rings. The fourth-order valence-electron chi connectivity index (χ4n) is 0.708. The SMILES string of the molecule is CC(c1noc(CN)n1)S(C)(=O)=O. The Kier molecular flexibility index (Phi) is 2.67. The summed E-state index contributed by atoms with van der Waals surface area (Å²) in [5.74, 6) is 0.397. The summed E-state index contributed by atoms with van der Waals surface area (Å²) >= 11 is 0. The summed E-state index contributed by atoms with van der Waals surface area (Å²) in [6, 6.07) is 0. The molecule has 0 saturated heterocycles. The normalized spacial score (nSPS) is 14.4. The molecule has 1 aromatic heterocycles. The molecule has 0 aliphatic heterocycles. The van der Waals surface area contributed by atoms with Crippen LogP contribution >= 0.6 is 0 Å². The molecule has 0 aliphatic carbocycles. The zero-order valence-corrected chi connectivity index (χ0v) is 8.21. The van der Waals surface area contributed by atoms with Gasteiger partial charge in [0.05, 0.1) is 6.54 Å². The molecule has 1 rings (SSSR count). The van der Waals surface area contributed by atoms with E-state index in [0.29, 0.717) is 0 Å². The topological polar surface area (TPSA) is 99.1 Å². The number of hydrogen-bond donors (Lipinski definition) is 1. The first-order chi connectivity index (χ1) is 5.95. The summed E-state index contributed by atoms with van der Waals surface area (Å²) in [4.78, 5) is 3.81. The van der Waals surface area contributed by atoms with Crippen molar-refractivity contribution in [3.63, 3.8) is 0 Å². The second-order valence-corrected chi connectivity index (χ2v) is 5.09. The molecule has 6 nitrogen and oxygen atoms in total. The van der Waals surface area contributed by atoms with Crippen LogP contribution in [0.5, 0.6) is 0 Å². The largest absolute Gasteiger partial charge is 0.338 e. The molecule has 1 unspecified atom stereocenters. The van der Waals surface area contributed by atoms with E-state index in [2.05, 4.69) is 14.7 Å². The van der Waals surface area contributed by atoms with Gasteiger partial charge in [-0.1, -0.05) is 5.16 Å². The van der Waals surface area contributed by atoms with Crippen molar-refractivity contribution in [2.24, 2.45) is 5.73 Å². The smallest absolute Gasteiger partial charge is 0.240 e. The lowest BCUT2D eigenvalue weighted by atomic mass is 10.4. The van der Waals surface area contributed by atoms with Crippen LogP contribution in [0.1, 0.15) is 23.9 Å². The Hall–Kier alpha value is -0.950. The molecule has 7 heteroatoms. The van der Waals surface area contributed by atoms with Gasteiger partial charge in [0.1, 0.15) is 5.25 Å². The first kappa shape index (κ1) is 10.1. The van der Waals surface area contributed by atoms with Crippen molar-refractivity contribution >= 4 is 9.84 Å². The lowest BCUT2D eigenvalue weighted by Gasteiger charge is -2.01. The van der Waals surface area contributed by atoms with E-state index in [1.807, 2.05) is 0 Å². The van der Waals surface area contributed by atoms with Gasteiger partial charge in [0.25, 0.3) is 0 Å². The predicted octanol–water partition coefficient (Wildman–Crippen LogP) is -0.366. The molecule has 13 heavy (non-hydrogen) atoms. The van der Waals surface area contributed by atoms with Crippen molar-refractivity contribution in [2.45, 2.75) is 18.7 Å². The van der Waals surface area contributed by atoms with Gasteiger partial charge in [0.15, 0.2) is 15.7 Å². The second kappa shape index (κ2) is 3.43. The van der Waals surface area contributed by atoms with E-state index in [-0.39, 0.29) is 18.3 Å². The fourth-order valence-corrected chi connectivity index (χ4v) is 1.19. The van der Waals surface area contributed by atoms with Crippen LogP contribution in [-0.4, -0.2) is 24.8 Å². The van der Waals surface area contributed by atoms with Crippen molar-refractivity contribution in [3.8, 4) is 0 Å². The van der Waals surface area contributed by atoms with Gasteiger partial charge in [0.2, 0.25) is 5.89 Å². The van der Waals surface area contributed by atoms with Crippen LogP contribution in [0, 0.1) is 0 Å². The number of hydrogen-bond acceptors (Lipinski definition) is 6. The minimum Gasteiger partial charge on any atom is -0.338 e. The van der Waals surface area contributed by atoms with Crippen molar-refractivity contribution in [1.82, 2.24) is 10.1 Å². The molecule has 74 valence electrons.